The Morgan fingerprint density at radius 3 is 2.62 bits per heavy atom. The number of sulfonamides is 1. The molecule has 0 spiro atoms. The molecule has 2 rings (SSSR count). The maximum absolute atomic E-state index is 12.0. The molecule has 1 heterocycles. The van der Waals surface area contributed by atoms with Crippen LogP contribution in [0.15, 0.2) is 42.9 Å². The van der Waals surface area contributed by atoms with Crippen LogP contribution in [0, 0.1) is 0 Å². The Balaban J connectivity index is 2.07. The average molecular weight is 309 g/mol. The topological polar surface area (TPSA) is 112 Å². The van der Waals surface area contributed by atoms with Crippen LogP contribution >= 0.6 is 0 Å². The van der Waals surface area contributed by atoms with Crippen LogP contribution in [0.3, 0.4) is 0 Å². The Labute approximate surface area is 122 Å². The number of carbonyl (C=O) groups is 1. The zero-order valence-corrected chi connectivity index (χ0v) is 11.9. The van der Waals surface area contributed by atoms with Crippen molar-refractivity contribution in [2.45, 2.75) is 18.2 Å². The van der Waals surface area contributed by atoms with Gasteiger partial charge in [-0.1, -0.05) is 30.3 Å². The molecule has 1 atom stereocenters. The van der Waals surface area contributed by atoms with E-state index in [9.17, 15) is 13.2 Å². The lowest BCUT2D eigenvalue weighted by atomic mass is 10.2. The van der Waals surface area contributed by atoms with E-state index >= 15 is 0 Å². The van der Waals surface area contributed by atoms with Crippen LogP contribution in [0.1, 0.15) is 11.3 Å². The molecule has 0 saturated carbocycles. The van der Waals surface area contributed by atoms with E-state index in [-0.39, 0.29) is 12.2 Å². The summed E-state index contributed by atoms with van der Waals surface area (Å²) in [6.07, 6.45) is 2.92. The Morgan fingerprint density at radius 1 is 1.33 bits per heavy atom. The fourth-order valence-electron chi connectivity index (χ4n) is 1.84. The first-order chi connectivity index (χ1) is 9.96. The Morgan fingerprint density at radius 2 is 2.05 bits per heavy atom. The van der Waals surface area contributed by atoms with E-state index in [2.05, 4.69) is 14.7 Å². The van der Waals surface area contributed by atoms with Gasteiger partial charge in [-0.15, -0.1) is 0 Å². The fraction of sp³-hybridized carbons (Fsp3) is 0.231. The summed E-state index contributed by atoms with van der Waals surface area (Å²) < 4.78 is 26.3. The predicted molar refractivity (Wildman–Crippen MR) is 75.9 cm³/mol. The first kappa shape index (κ1) is 15.2. The normalized spacial score (nSPS) is 13.0. The van der Waals surface area contributed by atoms with Crippen LogP contribution in [0.4, 0.5) is 0 Å². The van der Waals surface area contributed by atoms with Gasteiger partial charge in [0.05, 0.1) is 17.8 Å². The molecule has 0 fully saturated rings. The highest BCUT2D eigenvalue weighted by molar-refractivity contribution is 7.88. The summed E-state index contributed by atoms with van der Waals surface area (Å²) in [5.41, 5.74) is 1.07. The molecule has 7 nitrogen and oxygen atoms in total. The van der Waals surface area contributed by atoms with E-state index in [1.807, 2.05) is 0 Å². The minimum Gasteiger partial charge on any atom is -0.480 e. The second-order valence-corrected chi connectivity index (χ2v) is 6.27. The van der Waals surface area contributed by atoms with E-state index in [1.165, 1.54) is 12.5 Å². The van der Waals surface area contributed by atoms with Crippen molar-refractivity contribution in [1.82, 2.24) is 14.7 Å². The van der Waals surface area contributed by atoms with Gasteiger partial charge in [0.1, 0.15) is 6.04 Å². The highest BCUT2D eigenvalue weighted by atomic mass is 32.2. The lowest BCUT2D eigenvalue weighted by molar-refractivity contribution is -0.138. The standard InChI is InChI=1S/C13H15N3O4S/c17-13(18)12(6-11-7-14-9-15-11)16-21(19,20)8-10-4-2-1-3-5-10/h1-5,7,9,12,16H,6,8H2,(H,14,15)(H,17,18)/t12-/m0/s1. The van der Waals surface area contributed by atoms with Crippen molar-refractivity contribution < 1.29 is 18.3 Å². The number of aliphatic carboxylic acids is 1. The summed E-state index contributed by atoms with van der Waals surface area (Å²) in [6.45, 7) is 0. The van der Waals surface area contributed by atoms with E-state index < -0.39 is 22.0 Å². The number of nitrogens with one attached hydrogen (secondary N) is 2. The summed E-state index contributed by atoms with van der Waals surface area (Å²) >= 11 is 0. The van der Waals surface area contributed by atoms with Gasteiger partial charge in [-0.05, 0) is 5.56 Å². The van der Waals surface area contributed by atoms with E-state index in [0.717, 1.165) is 0 Å². The SMILES string of the molecule is O=C(O)[C@H](Cc1c[nH]cn1)NS(=O)(=O)Cc1ccccc1. The molecule has 0 radical (unpaired) electrons. The van der Waals surface area contributed by atoms with E-state index in [0.29, 0.717) is 11.3 Å². The molecule has 112 valence electrons. The van der Waals surface area contributed by atoms with Gasteiger partial charge < -0.3 is 10.1 Å². The number of carboxylic acids is 1. The minimum atomic E-state index is -3.75. The summed E-state index contributed by atoms with van der Waals surface area (Å²) in [5, 5.41) is 9.14. The zero-order chi connectivity index (χ0) is 15.3. The van der Waals surface area contributed by atoms with Crippen LogP contribution in [0.5, 0.6) is 0 Å². The third kappa shape index (κ3) is 4.69. The number of hydrogen-bond donors (Lipinski definition) is 3. The summed E-state index contributed by atoms with van der Waals surface area (Å²) in [6, 6.07) is 7.32. The lowest BCUT2D eigenvalue weighted by Crippen LogP contribution is -2.42. The van der Waals surface area contributed by atoms with E-state index in [1.54, 1.807) is 30.3 Å². The number of aromatic nitrogens is 2. The van der Waals surface area contributed by atoms with Gasteiger partial charge in [0.15, 0.2) is 0 Å². The van der Waals surface area contributed by atoms with Crippen molar-refractivity contribution in [3.8, 4) is 0 Å². The minimum absolute atomic E-state index is 0.0210. The summed E-state index contributed by atoms with van der Waals surface area (Å²) in [4.78, 5) is 17.8. The number of imidazole rings is 1. The number of H-pyrrole nitrogens is 1. The van der Waals surface area contributed by atoms with E-state index in [4.69, 9.17) is 5.11 Å². The molecule has 0 amide bonds. The second kappa shape index (κ2) is 6.51. The highest BCUT2D eigenvalue weighted by Gasteiger charge is 2.25. The molecule has 0 aliphatic rings. The summed E-state index contributed by atoms with van der Waals surface area (Å²) in [7, 11) is -3.75. The third-order valence-corrected chi connectivity index (χ3v) is 4.14. The molecule has 0 aliphatic heterocycles. The number of aromatic amines is 1. The molecular formula is C13H15N3O4S. The maximum Gasteiger partial charge on any atom is 0.322 e. The van der Waals surface area contributed by atoms with Crippen LogP contribution in [0.2, 0.25) is 0 Å². The number of hydrogen-bond acceptors (Lipinski definition) is 4. The first-order valence-corrected chi connectivity index (χ1v) is 7.86. The highest BCUT2D eigenvalue weighted by Crippen LogP contribution is 2.07. The molecule has 3 N–H and O–H groups in total. The second-order valence-electron chi connectivity index (χ2n) is 4.52. The van der Waals surface area contributed by atoms with Gasteiger partial charge >= 0.3 is 5.97 Å². The molecule has 0 unspecified atom stereocenters. The van der Waals surface area contributed by atoms with Crippen molar-refractivity contribution in [1.29, 1.82) is 0 Å². The third-order valence-electron chi connectivity index (χ3n) is 2.79. The zero-order valence-electron chi connectivity index (χ0n) is 11.1. The molecule has 21 heavy (non-hydrogen) atoms. The molecule has 1 aromatic carbocycles. The first-order valence-electron chi connectivity index (χ1n) is 6.21. The Bertz CT molecular complexity index is 683. The molecule has 2 aromatic rings. The van der Waals surface area contributed by atoms with Gasteiger partial charge in [0.2, 0.25) is 10.0 Å². The lowest BCUT2D eigenvalue weighted by Gasteiger charge is -2.13. The number of carboxylic acid groups (broad SMARTS) is 1. The largest absolute Gasteiger partial charge is 0.480 e. The average Bonchev–Trinajstić information content (AvgIpc) is 2.91. The predicted octanol–water partition coefficient (Wildman–Crippen LogP) is 0.525. The molecule has 1 aromatic heterocycles. The van der Waals surface area contributed by atoms with Crippen LogP contribution in [-0.2, 0) is 27.0 Å². The van der Waals surface area contributed by atoms with Crippen LogP contribution < -0.4 is 4.72 Å². The number of benzene rings is 1. The maximum atomic E-state index is 12.0. The van der Waals surface area contributed by atoms with Crippen molar-refractivity contribution in [3.05, 3.63) is 54.1 Å². The van der Waals surface area contributed by atoms with Gasteiger partial charge in [0, 0.05) is 12.6 Å². The fourth-order valence-corrected chi connectivity index (χ4v) is 3.18. The van der Waals surface area contributed by atoms with Crippen molar-refractivity contribution in [3.63, 3.8) is 0 Å². The molecular weight excluding hydrogens is 294 g/mol. The van der Waals surface area contributed by atoms with Crippen molar-refractivity contribution in [2.75, 3.05) is 0 Å². The number of rotatable bonds is 7. The van der Waals surface area contributed by atoms with Gasteiger partial charge in [-0.2, -0.15) is 0 Å². The Hall–Kier alpha value is -2.19. The van der Waals surface area contributed by atoms with Gasteiger partial charge in [0.25, 0.3) is 0 Å². The molecule has 0 bridgehead atoms. The molecule has 0 saturated heterocycles. The quantitative estimate of drug-likeness (QED) is 0.690. The Kier molecular flexibility index (Phi) is 4.71. The van der Waals surface area contributed by atoms with Crippen molar-refractivity contribution >= 4 is 16.0 Å². The molecule has 8 heteroatoms. The molecule has 0 aliphatic carbocycles. The van der Waals surface area contributed by atoms with Crippen LogP contribution in [0.25, 0.3) is 0 Å². The van der Waals surface area contributed by atoms with Crippen LogP contribution in [-0.4, -0.2) is 35.5 Å². The van der Waals surface area contributed by atoms with Gasteiger partial charge in [-0.3, -0.25) is 4.79 Å². The smallest absolute Gasteiger partial charge is 0.322 e. The monoisotopic (exact) mass is 309 g/mol. The summed E-state index contributed by atoms with van der Waals surface area (Å²) in [5.74, 6) is -1.51. The van der Waals surface area contributed by atoms with Crippen molar-refractivity contribution in [2.24, 2.45) is 0 Å². The number of nitrogens with zero attached hydrogens (tertiary/aromatic N) is 1. The van der Waals surface area contributed by atoms with Gasteiger partial charge in [-0.25, -0.2) is 18.1 Å².